The third kappa shape index (κ3) is 3.39. The maximum Gasteiger partial charge on any atom is 0.295 e. The van der Waals surface area contributed by atoms with E-state index >= 15 is 0 Å². The number of thiophene rings is 1. The second-order valence-electron chi connectivity index (χ2n) is 7.39. The first-order valence-corrected chi connectivity index (χ1v) is 11.7. The van der Waals surface area contributed by atoms with Gasteiger partial charge in [0.2, 0.25) is 0 Å². The summed E-state index contributed by atoms with van der Waals surface area (Å²) in [6, 6.07) is 13.2. The lowest BCUT2D eigenvalue weighted by Crippen LogP contribution is -2.25. The van der Waals surface area contributed by atoms with Crippen LogP contribution in [0.4, 0.5) is 5.69 Å². The van der Waals surface area contributed by atoms with Gasteiger partial charge in [-0.25, -0.2) is 9.67 Å². The number of amides is 1. The highest BCUT2D eigenvalue weighted by atomic mass is 32.1. The van der Waals surface area contributed by atoms with Gasteiger partial charge in [0, 0.05) is 18.5 Å². The Balaban J connectivity index is 1.39. The molecular weight excluding hydrogens is 444 g/mol. The van der Waals surface area contributed by atoms with Crippen molar-refractivity contribution in [1.82, 2.24) is 14.3 Å². The van der Waals surface area contributed by atoms with Crippen molar-refractivity contribution in [2.75, 3.05) is 11.9 Å². The van der Waals surface area contributed by atoms with Crippen molar-refractivity contribution in [2.24, 2.45) is 7.05 Å². The number of rotatable bonds is 5. The standard InChI is InChI=1S/C23H20N4O3S2/c1-13-20(23(29)27(26(13)3)15-7-5-4-6-8-15)25-19(28)12-30-17-11-18-21(24-14(2)32-18)22-16(17)9-10-31-22/h4-11H,12H2,1-3H3,(H,25,28). The zero-order valence-electron chi connectivity index (χ0n) is 17.7. The lowest BCUT2D eigenvalue weighted by Gasteiger charge is -2.08. The maximum absolute atomic E-state index is 13.0. The molecule has 0 aliphatic heterocycles. The van der Waals surface area contributed by atoms with Crippen LogP contribution in [-0.2, 0) is 11.8 Å². The summed E-state index contributed by atoms with van der Waals surface area (Å²) in [6.07, 6.45) is 0. The van der Waals surface area contributed by atoms with E-state index in [0.717, 1.165) is 31.0 Å². The molecule has 5 rings (SSSR count). The van der Waals surface area contributed by atoms with Crippen molar-refractivity contribution in [3.63, 3.8) is 0 Å². The third-order valence-electron chi connectivity index (χ3n) is 5.35. The quantitative estimate of drug-likeness (QED) is 0.411. The number of hydrogen-bond acceptors (Lipinski definition) is 6. The zero-order valence-corrected chi connectivity index (χ0v) is 19.3. The summed E-state index contributed by atoms with van der Waals surface area (Å²) in [5, 5.41) is 6.65. The van der Waals surface area contributed by atoms with Gasteiger partial charge in [-0.2, -0.15) is 0 Å². The summed E-state index contributed by atoms with van der Waals surface area (Å²) >= 11 is 3.20. The number of nitrogens with one attached hydrogen (secondary N) is 1. The molecule has 3 heterocycles. The first kappa shape index (κ1) is 20.5. The molecule has 0 aliphatic carbocycles. The molecule has 0 bridgehead atoms. The third-order valence-corrected chi connectivity index (χ3v) is 7.18. The molecule has 0 aliphatic rings. The van der Waals surface area contributed by atoms with Gasteiger partial charge in [-0.1, -0.05) is 18.2 Å². The van der Waals surface area contributed by atoms with E-state index in [0.29, 0.717) is 11.4 Å². The molecule has 2 aromatic carbocycles. The molecule has 0 fully saturated rings. The van der Waals surface area contributed by atoms with Crippen molar-refractivity contribution in [2.45, 2.75) is 13.8 Å². The summed E-state index contributed by atoms with van der Waals surface area (Å²) in [5.74, 6) is 0.249. The normalized spacial score (nSPS) is 11.3. The van der Waals surface area contributed by atoms with Gasteiger partial charge >= 0.3 is 0 Å². The van der Waals surface area contributed by atoms with Crippen LogP contribution < -0.4 is 15.6 Å². The molecule has 0 saturated carbocycles. The minimum atomic E-state index is -0.389. The summed E-state index contributed by atoms with van der Waals surface area (Å²) in [4.78, 5) is 30.3. The predicted molar refractivity (Wildman–Crippen MR) is 130 cm³/mol. The molecule has 32 heavy (non-hydrogen) atoms. The van der Waals surface area contributed by atoms with Gasteiger partial charge in [0.1, 0.15) is 11.4 Å². The average molecular weight is 465 g/mol. The van der Waals surface area contributed by atoms with Gasteiger partial charge in [-0.3, -0.25) is 14.3 Å². The van der Waals surface area contributed by atoms with Crippen LogP contribution in [0.15, 0.2) is 52.6 Å². The summed E-state index contributed by atoms with van der Waals surface area (Å²) in [5.41, 5.74) is 2.32. The molecule has 0 saturated heterocycles. The molecule has 9 heteroatoms. The van der Waals surface area contributed by atoms with Crippen LogP contribution in [0.1, 0.15) is 10.7 Å². The summed E-state index contributed by atoms with van der Waals surface area (Å²) in [6.45, 7) is 3.57. The summed E-state index contributed by atoms with van der Waals surface area (Å²) in [7, 11) is 1.79. The van der Waals surface area contributed by atoms with Crippen LogP contribution in [0.3, 0.4) is 0 Å². The van der Waals surface area contributed by atoms with E-state index in [-0.39, 0.29) is 23.8 Å². The van der Waals surface area contributed by atoms with E-state index in [9.17, 15) is 9.59 Å². The Morgan fingerprint density at radius 1 is 1.19 bits per heavy atom. The van der Waals surface area contributed by atoms with Gasteiger partial charge in [0.05, 0.1) is 31.3 Å². The van der Waals surface area contributed by atoms with E-state index in [1.807, 2.05) is 54.8 Å². The number of fused-ring (bicyclic) bond motifs is 3. The van der Waals surface area contributed by atoms with Gasteiger partial charge in [-0.15, -0.1) is 22.7 Å². The van der Waals surface area contributed by atoms with E-state index in [1.165, 1.54) is 4.68 Å². The Labute approximate surface area is 191 Å². The number of benzene rings is 2. The zero-order chi connectivity index (χ0) is 22.4. The molecule has 0 spiro atoms. The van der Waals surface area contributed by atoms with Crippen LogP contribution >= 0.6 is 22.7 Å². The number of anilines is 1. The van der Waals surface area contributed by atoms with E-state index < -0.39 is 0 Å². The highest BCUT2D eigenvalue weighted by Gasteiger charge is 2.19. The fraction of sp³-hybridized carbons (Fsp3) is 0.174. The van der Waals surface area contributed by atoms with Crippen LogP contribution in [0.2, 0.25) is 0 Å². The molecule has 0 atom stereocenters. The second-order valence-corrected chi connectivity index (χ2v) is 9.54. The SMILES string of the molecule is Cc1nc2c(cc(OCC(=O)Nc3c(C)n(C)n(-c4ccccc4)c3=O)c3ccsc32)s1. The number of aryl methyl sites for hydroxylation is 1. The monoisotopic (exact) mass is 464 g/mol. The smallest absolute Gasteiger partial charge is 0.295 e. The largest absolute Gasteiger partial charge is 0.483 e. The minimum Gasteiger partial charge on any atom is -0.483 e. The van der Waals surface area contributed by atoms with Crippen LogP contribution in [-0.4, -0.2) is 26.9 Å². The number of thiazole rings is 1. The Morgan fingerprint density at radius 2 is 1.97 bits per heavy atom. The molecule has 0 unspecified atom stereocenters. The fourth-order valence-corrected chi connectivity index (χ4v) is 5.57. The number of para-hydroxylation sites is 1. The molecular formula is C23H20N4O3S2. The summed E-state index contributed by atoms with van der Waals surface area (Å²) < 4.78 is 11.2. The van der Waals surface area contributed by atoms with Crippen LogP contribution in [0.25, 0.3) is 26.0 Å². The predicted octanol–water partition coefficient (Wildman–Crippen LogP) is 4.63. The number of nitrogens with zero attached hydrogens (tertiary/aromatic N) is 3. The highest BCUT2D eigenvalue weighted by molar-refractivity contribution is 7.21. The second kappa shape index (κ2) is 7.92. The highest BCUT2D eigenvalue weighted by Crippen LogP contribution is 2.38. The van der Waals surface area contributed by atoms with Crippen molar-refractivity contribution in [3.05, 3.63) is 68.9 Å². The number of aromatic nitrogens is 3. The van der Waals surface area contributed by atoms with Crippen molar-refractivity contribution in [1.29, 1.82) is 0 Å². The Morgan fingerprint density at radius 3 is 2.75 bits per heavy atom. The number of carbonyl (C=O) groups is 1. The molecule has 7 nitrogen and oxygen atoms in total. The van der Waals surface area contributed by atoms with E-state index in [4.69, 9.17) is 4.74 Å². The van der Waals surface area contributed by atoms with Crippen molar-refractivity contribution < 1.29 is 9.53 Å². The van der Waals surface area contributed by atoms with Crippen LogP contribution in [0.5, 0.6) is 5.75 Å². The average Bonchev–Trinajstić information content (AvgIpc) is 3.46. The molecule has 0 radical (unpaired) electrons. The van der Waals surface area contributed by atoms with Gasteiger partial charge in [-0.05, 0) is 37.4 Å². The maximum atomic E-state index is 13.0. The molecule has 162 valence electrons. The molecule has 5 aromatic rings. The van der Waals surface area contributed by atoms with E-state index in [2.05, 4.69) is 10.3 Å². The van der Waals surface area contributed by atoms with Crippen LogP contribution in [0, 0.1) is 13.8 Å². The van der Waals surface area contributed by atoms with Gasteiger partial charge < -0.3 is 10.1 Å². The first-order valence-electron chi connectivity index (χ1n) is 9.98. The Hall–Kier alpha value is -3.43. The number of hydrogen-bond donors (Lipinski definition) is 1. The van der Waals surface area contributed by atoms with Gasteiger partial charge in [0.15, 0.2) is 6.61 Å². The Kier molecular flexibility index (Phi) is 5.07. The topological polar surface area (TPSA) is 78.2 Å². The molecule has 1 N–H and O–H groups in total. The van der Waals surface area contributed by atoms with Gasteiger partial charge in [0.25, 0.3) is 11.5 Å². The fourth-order valence-electron chi connectivity index (χ4n) is 3.74. The minimum absolute atomic E-state index is 0.201. The number of ether oxygens (including phenoxy) is 1. The van der Waals surface area contributed by atoms with Crippen molar-refractivity contribution in [3.8, 4) is 11.4 Å². The number of carbonyl (C=O) groups excluding carboxylic acids is 1. The Bertz CT molecular complexity index is 1530. The molecule has 1 amide bonds. The lowest BCUT2D eigenvalue weighted by molar-refractivity contribution is -0.118. The molecule has 3 aromatic heterocycles. The van der Waals surface area contributed by atoms with E-state index in [1.54, 1.807) is 41.3 Å². The lowest BCUT2D eigenvalue weighted by atomic mass is 10.2. The first-order chi connectivity index (χ1) is 15.4. The van der Waals surface area contributed by atoms with Crippen molar-refractivity contribution >= 4 is 54.6 Å².